The lowest BCUT2D eigenvalue weighted by Crippen LogP contribution is -2.50. The molecule has 62 valence electrons. The van der Waals surface area contributed by atoms with Gasteiger partial charge in [0.05, 0.1) is 18.8 Å². The van der Waals surface area contributed by atoms with Crippen LogP contribution in [0.25, 0.3) is 0 Å². The minimum Gasteiger partial charge on any atom is -0.478 e. The summed E-state index contributed by atoms with van der Waals surface area (Å²) in [6.07, 6.45) is 0.536. The number of ether oxygens (including phenoxy) is 1. The molecule has 0 bridgehead atoms. The van der Waals surface area contributed by atoms with Crippen molar-refractivity contribution >= 4 is 5.97 Å². The van der Waals surface area contributed by atoms with Crippen LogP contribution in [-0.4, -0.2) is 35.0 Å². The number of hydrogen-bond donors (Lipinski definition) is 2. The Kier molecular flexibility index (Phi) is 1.97. The minimum absolute atomic E-state index is 0.0637. The Hall–Kier alpha value is -0.870. The molecule has 1 fully saturated rings. The molecule has 11 heavy (non-hydrogen) atoms. The van der Waals surface area contributed by atoms with E-state index in [1.165, 1.54) is 0 Å². The summed E-state index contributed by atoms with van der Waals surface area (Å²) in [6.45, 7) is 3.52. The highest BCUT2D eigenvalue weighted by Crippen LogP contribution is 2.32. The summed E-state index contributed by atoms with van der Waals surface area (Å²) in [5, 5.41) is 17.3. The first kappa shape index (κ1) is 8.23. The van der Waals surface area contributed by atoms with Crippen LogP contribution in [0, 0.1) is 0 Å². The van der Waals surface area contributed by atoms with Crippen molar-refractivity contribution in [3.63, 3.8) is 0 Å². The Morgan fingerprint density at radius 3 is 2.36 bits per heavy atom. The molecule has 0 aromatic carbocycles. The molecule has 1 atom stereocenters. The molecule has 1 aliphatic rings. The van der Waals surface area contributed by atoms with Gasteiger partial charge in [-0.2, -0.15) is 0 Å². The van der Waals surface area contributed by atoms with Crippen molar-refractivity contribution in [2.75, 3.05) is 13.2 Å². The van der Waals surface area contributed by atoms with E-state index >= 15 is 0 Å². The SMILES string of the molecule is C=C(C(=O)O)C1(CO)CCO1. The molecule has 2 N–H and O–H groups in total. The average molecular weight is 158 g/mol. The highest BCUT2D eigenvalue weighted by atomic mass is 16.5. The highest BCUT2D eigenvalue weighted by Gasteiger charge is 2.43. The monoisotopic (exact) mass is 158 g/mol. The van der Waals surface area contributed by atoms with Crippen LogP contribution in [0.4, 0.5) is 0 Å². The number of aliphatic hydroxyl groups is 1. The summed E-state index contributed by atoms with van der Waals surface area (Å²) in [4.78, 5) is 10.4. The largest absolute Gasteiger partial charge is 0.478 e. The molecular weight excluding hydrogens is 148 g/mol. The lowest BCUT2D eigenvalue weighted by molar-refractivity contribution is -0.160. The Morgan fingerprint density at radius 2 is 2.27 bits per heavy atom. The molecule has 1 rings (SSSR count). The number of aliphatic carboxylic acids is 1. The summed E-state index contributed by atoms with van der Waals surface area (Å²) >= 11 is 0. The number of hydrogen-bond acceptors (Lipinski definition) is 3. The summed E-state index contributed by atoms with van der Waals surface area (Å²) in [5.41, 5.74) is -1.06. The van der Waals surface area contributed by atoms with E-state index in [-0.39, 0.29) is 12.2 Å². The lowest BCUT2D eigenvalue weighted by atomic mass is 9.88. The van der Waals surface area contributed by atoms with E-state index < -0.39 is 11.6 Å². The first-order chi connectivity index (χ1) is 5.12. The van der Waals surface area contributed by atoms with E-state index in [1.807, 2.05) is 0 Å². The van der Waals surface area contributed by atoms with Crippen molar-refractivity contribution in [3.8, 4) is 0 Å². The van der Waals surface area contributed by atoms with Gasteiger partial charge >= 0.3 is 5.97 Å². The standard InChI is InChI=1S/C7H10O4/c1-5(6(9)10)7(4-8)2-3-11-7/h8H,1-4H2,(H,9,10). The molecule has 0 aromatic rings. The normalized spacial score (nSPS) is 29.2. The summed E-state index contributed by atoms with van der Waals surface area (Å²) in [7, 11) is 0. The molecule has 4 nitrogen and oxygen atoms in total. The van der Waals surface area contributed by atoms with Crippen LogP contribution in [0.15, 0.2) is 12.2 Å². The number of rotatable bonds is 3. The van der Waals surface area contributed by atoms with Crippen molar-refractivity contribution < 1.29 is 19.7 Å². The quantitative estimate of drug-likeness (QED) is 0.557. The van der Waals surface area contributed by atoms with Gasteiger partial charge in [0.2, 0.25) is 0 Å². The predicted molar refractivity (Wildman–Crippen MR) is 37.2 cm³/mol. The zero-order valence-electron chi connectivity index (χ0n) is 6.04. The molecule has 0 aromatic heterocycles. The van der Waals surface area contributed by atoms with Crippen molar-refractivity contribution in [2.45, 2.75) is 12.0 Å². The molecular formula is C7H10O4. The zero-order valence-corrected chi connectivity index (χ0v) is 6.04. The van der Waals surface area contributed by atoms with Gasteiger partial charge in [-0.15, -0.1) is 0 Å². The second-order valence-electron chi connectivity index (χ2n) is 2.53. The topological polar surface area (TPSA) is 66.8 Å². The number of carbonyl (C=O) groups is 1. The average Bonchev–Trinajstić information content (AvgIpc) is 1.86. The van der Waals surface area contributed by atoms with Crippen LogP contribution in [0.5, 0.6) is 0 Å². The van der Waals surface area contributed by atoms with Gasteiger partial charge in [0, 0.05) is 6.42 Å². The zero-order chi connectivity index (χ0) is 8.48. The van der Waals surface area contributed by atoms with Crippen molar-refractivity contribution in [3.05, 3.63) is 12.2 Å². The fourth-order valence-corrected chi connectivity index (χ4v) is 1.00. The summed E-state index contributed by atoms with van der Waals surface area (Å²) in [6, 6.07) is 0. The van der Waals surface area contributed by atoms with Crippen molar-refractivity contribution in [1.29, 1.82) is 0 Å². The van der Waals surface area contributed by atoms with Crippen LogP contribution in [0.3, 0.4) is 0 Å². The van der Waals surface area contributed by atoms with E-state index in [0.29, 0.717) is 13.0 Å². The third-order valence-electron chi connectivity index (χ3n) is 1.95. The van der Waals surface area contributed by atoms with E-state index in [0.717, 1.165) is 0 Å². The van der Waals surface area contributed by atoms with Gasteiger partial charge in [-0.25, -0.2) is 4.79 Å². The second-order valence-corrected chi connectivity index (χ2v) is 2.53. The van der Waals surface area contributed by atoms with E-state index in [4.69, 9.17) is 14.9 Å². The van der Waals surface area contributed by atoms with Crippen LogP contribution in [0.1, 0.15) is 6.42 Å². The molecule has 0 radical (unpaired) electrons. The van der Waals surface area contributed by atoms with E-state index in [1.54, 1.807) is 0 Å². The summed E-state index contributed by atoms with van der Waals surface area (Å²) in [5.74, 6) is -1.11. The lowest BCUT2D eigenvalue weighted by Gasteiger charge is -2.40. The van der Waals surface area contributed by atoms with Crippen LogP contribution < -0.4 is 0 Å². The van der Waals surface area contributed by atoms with Crippen LogP contribution >= 0.6 is 0 Å². The summed E-state index contributed by atoms with van der Waals surface area (Å²) < 4.78 is 4.96. The molecule has 1 saturated heterocycles. The van der Waals surface area contributed by atoms with Gasteiger partial charge in [-0.1, -0.05) is 6.58 Å². The molecule has 1 heterocycles. The van der Waals surface area contributed by atoms with Gasteiger partial charge in [0.25, 0.3) is 0 Å². The maximum atomic E-state index is 10.4. The Bertz CT molecular complexity index is 187. The van der Waals surface area contributed by atoms with Crippen LogP contribution in [-0.2, 0) is 9.53 Å². The predicted octanol–water partition coefficient (Wildman–Crippen LogP) is -0.221. The fourth-order valence-electron chi connectivity index (χ4n) is 1.00. The Labute approximate surface area is 64.1 Å². The maximum absolute atomic E-state index is 10.4. The Balaban J connectivity index is 2.70. The van der Waals surface area contributed by atoms with Crippen molar-refractivity contribution in [2.24, 2.45) is 0 Å². The third kappa shape index (κ3) is 1.15. The number of aliphatic hydroxyl groups excluding tert-OH is 1. The fraction of sp³-hybridized carbons (Fsp3) is 0.571. The minimum atomic E-state index is -1.11. The second kappa shape index (κ2) is 2.64. The maximum Gasteiger partial charge on any atom is 0.334 e. The van der Waals surface area contributed by atoms with Gasteiger partial charge in [-0.3, -0.25) is 0 Å². The Morgan fingerprint density at radius 1 is 1.73 bits per heavy atom. The van der Waals surface area contributed by atoms with Crippen molar-refractivity contribution in [1.82, 2.24) is 0 Å². The van der Waals surface area contributed by atoms with Gasteiger partial charge in [0.1, 0.15) is 5.60 Å². The molecule has 1 unspecified atom stereocenters. The van der Waals surface area contributed by atoms with Crippen LogP contribution in [0.2, 0.25) is 0 Å². The molecule has 0 amide bonds. The number of carboxylic acid groups (broad SMARTS) is 1. The number of carboxylic acids is 1. The first-order valence-corrected chi connectivity index (χ1v) is 3.30. The molecule has 0 aliphatic carbocycles. The van der Waals surface area contributed by atoms with Gasteiger partial charge in [0.15, 0.2) is 0 Å². The molecule has 1 aliphatic heterocycles. The smallest absolute Gasteiger partial charge is 0.334 e. The van der Waals surface area contributed by atoms with Gasteiger partial charge in [-0.05, 0) is 0 Å². The molecule has 0 saturated carbocycles. The molecule has 4 heteroatoms. The molecule has 0 spiro atoms. The first-order valence-electron chi connectivity index (χ1n) is 3.30. The van der Waals surface area contributed by atoms with E-state index in [9.17, 15) is 4.79 Å². The van der Waals surface area contributed by atoms with Gasteiger partial charge < -0.3 is 14.9 Å². The highest BCUT2D eigenvalue weighted by molar-refractivity contribution is 5.88. The third-order valence-corrected chi connectivity index (χ3v) is 1.95. The van der Waals surface area contributed by atoms with E-state index in [2.05, 4.69) is 6.58 Å².